The maximum absolute atomic E-state index is 5.59. The summed E-state index contributed by atoms with van der Waals surface area (Å²) in [6.45, 7) is 4.13. The van der Waals surface area contributed by atoms with E-state index in [4.69, 9.17) is 5.73 Å². The minimum absolute atomic E-state index is 0.152. The van der Waals surface area contributed by atoms with Gasteiger partial charge in [0.2, 0.25) is 0 Å². The van der Waals surface area contributed by atoms with Crippen LogP contribution in [0.1, 0.15) is 46.0 Å². The molecule has 0 radical (unpaired) electrons. The van der Waals surface area contributed by atoms with Gasteiger partial charge in [-0.15, -0.1) is 0 Å². The molecule has 0 aliphatic rings. The van der Waals surface area contributed by atoms with Crippen molar-refractivity contribution in [3.63, 3.8) is 0 Å². The highest BCUT2D eigenvalue weighted by Crippen LogP contribution is 1.99. The Morgan fingerprint density at radius 3 is 2.35 bits per heavy atom. The van der Waals surface area contributed by atoms with Crippen molar-refractivity contribution in [2.24, 2.45) is 5.73 Å². The van der Waals surface area contributed by atoms with E-state index in [1.54, 1.807) is 0 Å². The summed E-state index contributed by atoms with van der Waals surface area (Å²) in [7, 11) is 0. The molecule has 0 aliphatic carbocycles. The van der Waals surface area contributed by atoms with Crippen molar-refractivity contribution in [1.82, 2.24) is 0 Å². The zero-order chi connectivity index (χ0) is 12.8. The van der Waals surface area contributed by atoms with E-state index in [9.17, 15) is 0 Å². The Balaban J connectivity index is 3.37. The van der Waals surface area contributed by atoms with Crippen LogP contribution in [0.4, 0.5) is 0 Å². The van der Waals surface area contributed by atoms with Crippen molar-refractivity contribution in [2.45, 2.75) is 52.0 Å². The summed E-state index contributed by atoms with van der Waals surface area (Å²) in [6.07, 6.45) is 23.0. The molecule has 0 unspecified atom stereocenters. The molecule has 0 aliphatic heterocycles. The van der Waals surface area contributed by atoms with Gasteiger partial charge in [0.15, 0.2) is 0 Å². The van der Waals surface area contributed by atoms with E-state index >= 15 is 0 Å². The lowest BCUT2D eigenvalue weighted by Gasteiger charge is -1.91. The van der Waals surface area contributed by atoms with Gasteiger partial charge < -0.3 is 5.73 Å². The standard InChI is InChI=1S/C16H27N/c1-3-4-5-6-7-8-9-10-11-12-13-14-15-16(2)17/h4-5,7-8,12-16H,3,6,9-11,17H2,1-2H3/b5-4-,8-7-,13-12+,15-14+/t16-/m1/s1. The molecule has 0 aromatic carbocycles. The Hall–Kier alpha value is -1.08. The van der Waals surface area contributed by atoms with Gasteiger partial charge in [0.25, 0.3) is 0 Å². The van der Waals surface area contributed by atoms with Gasteiger partial charge in [-0.2, -0.15) is 0 Å². The summed E-state index contributed by atoms with van der Waals surface area (Å²) in [5.74, 6) is 0. The molecule has 17 heavy (non-hydrogen) atoms. The fourth-order valence-corrected chi connectivity index (χ4v) is 1.32. The molecule has 0 amide bonds. The van der Waals surface area contributed by atoms with Crippen molar-refractivity contribution in [1.29, 1.82) is 0 Å². The SMILES string of the molecule is CC/C=C\C/C=C\CCC/C=C/C=C/[C@@H](C)N. The lowest BCUT2D eigenvalue weighted by atomic mass is 10.2. The first-order valence-electron chi connectivity index (χ1n) is 6.66. The molecule has 1 atom stereocenters. The van der Waals surface area contributed by atoms with Crippen molar-refractivity contribution >= 4 is 0 Å². The third kappa shape index (κ3) is 14.9. The van der Waals surface area contributed by atoms with Crippen LogP contribution >= 0.6 is 0 Å². The van der Waals surface area contributed by atoms with E-state index in [0.717, 1.165) is 19.3 Å². The molecule has 2 N–H and O–H groups in total. The second kappa shape index (κ2) is 13.0. The molecule has 1 nitrogen and oxygen atoms in total. The van der Waals surface area contributed by atoms with E-state index in [2.05, 4.69) is 43.4 Å². The molecule has 0 heterocycles. The second-order valence-corrected chi connectivity index (χ2v) is 4.19. The Labute approximate surface area is 107 Å². The number of unbranched alkanes of at least 4 members (excludes halogenated alkanes) is 2. The normalized spacial score (nSPS) is 14.8. The second-order valence-electron chi connectivity index (χ2n) is 4.19. The van der Waals surface area contributed by atoms with E-state index in [0.29, 0.717) is 0 Å². The molecule has 0 aromatic heterocycles. The predicted molar refractivity (Wildman–Crippen MR) is 79.0 cm³/mol. The predicted octanol–water partition coefficient (Wildman–Crippen LogP) is 4.53. The zero-order valence-corrected chi connectivity index (χ0v) is 11.3. The van der Waals surface area contributed by atoms with Crippen LogP contribution in [0, 0.1) is 0 Å². The van der Waals surface area contributed by atoms with Gasteiger partial charge in [-0.25, -0.2) is 0 Å². The molecule has 0 aromatic rings. The maximum atomic E-state index is 5.59. The summed E-state index contributed by atoms with van der Waals surface area (Å²) in [6, 6.07) is 0.152. The van der Waals surface area contributed by atoms with Crippen LogP contribution in [0.15, 0.2) is 48.6 Å². The highest BCUT2D eigenvalue weighted by molar-refractivity contribution is 5.05. The number of hydrogen-bond donors (Lipinski definition) is 1. The van der Waals surface area contributed by atoms with Crippen molar-refractivity contribution in [2.75, 3.05) is 0 Å². The van der Waals surface area contributed by atoms with Crippen LogP contribution < -0.4 is 5.73 Å². The maximum Gasteiger partial charge on any atom is 0.0197 e. The number of rotatable bonds is 9. The van der Waals surface area contributed by atoms with E-state index in [1.165, 1.54) is 12.8 Å². The lowest BCUT2D eigenvalue weighted by Crippen LogP contribution is -2.09. The molecule has 0 saturated carbocycles. The van der Waals surface area contributed by atoms with Gasteiger partial charge in [0, 0.05) is 6.04 Å². The van der Waals surface area contributed by atoms with Gasteiger partial charge in [-0.05, 0) is 39.0 Å². The smallest absolute Gasteiger partial charge is 0.0197 e. The van der Waals surface area contributed by atoms with Gasteiger partial charge >= 0.3 is 0 Å². The summed E-state index contributed by atoms with van der Waals surface area (Å²) in [5.41, 5.74) is 5.59. The first kappa shape index (κ1) is 15.9. The first-order valence-corrected chi connectivity index (χ1v) is 6.66. The van der Waals surface area contributed by atoms with E-state index < -0.39 is 0 Å². The Bertz CT molecular complexity index is 257. The van der Waals surface area contributed by atoms with Gasteiger partial charge in [0.1, 0.15) is 0 Å². The monoisotopic (exact) mass is 233 g/mol. The number of allylic oxidation sites excluding steroid dienone is 7. The van der Waals surface area contributed by atoms with Crippen LogP contribution in [0.3, 0.4) is 0 Å². The topological polar surface area (TPSA) is 26.0 Å². The third-order valence-electron chi connectivity index (χ3n) is 2.24. The highest BCUT2D eigenvalue weighted by atomic mass is 14.6. The fraction of sp³-hybridized carbons (Fsp3) is 0.500. The summed E-state index contributed by atoms with van der Waals surface area (Å²) < 4.78 is 0. The van der Waals surface area contributed by atoms with Gasteiger partial charge in [0.05, 0.1) is 0 Å². The average Bonchev–Trinajstić information content (AvgIpc) is 2.30. The van der Waals surface area contributed by atoms with E-state index in [1.807, 2.05) is 19.1 Å². The van der Waals surface area contributed by atoms with Crippen LogP contribution in [-0.2, 0) is 0 Å². The van der Waals surface area contributed by atoms with Crippen LogP contribution in [0.2, 0.25) is 0 Å². The van der Waals surface area contributed by atoms with Crippen molar-refractivity contribution < 1.29 is 0 Å². The fourth-order valence-electron chi connectivity index (χ4n) is 1.32. The largest absolute Gasteiger partial charge is 0.325 e. The summed E-state index contributed by atoms with van der Waals surface area (Å²) in [4.78, 5) is 0. The average molecular weight is 233 g/mol. The minimum Gasteiger partial charge on any atom is -0.325 e. The van der Waals surface area contributed by atoms with Crippen LogP contribution in [-0.4, -0.2) is 6.04 Å². The highest BCUT2D eigenvalue weighted by Gasteiger charge is 1.81. The van der Waals surface area contributed by atoms with Crippen molar-refractivity contribution in [3.8, 4) is 0 Å². The van der Waals surface area contributed by atoms with Gasteiger partial charge in [-0.3, -0.25) is 0 Å². The number of hydrogen-bond acceptors (Lipinski definition) is 1. The molecule has 0 bridgehead atoms. The molecule has 96 valence electrons. The molecule has 0 rings (SSSR count). The molecule has 0 saturated heterocycles. The molecule has 0 spiro atoms. The Morgan fingerprint density at radius 1 is 0.941 bits per heavy atom. The minimum atomic E-state index is 0.152. The Kier molecular flexibility index (Phi) is 12.2. The lowest BCUT2D eigenvalue weighted by molar-refractivity contribution is 0.865. The molecule has 1 heteroatoms. The van der Waals surface area contributed by atoms with Crippen LogP contribution in [0.5, 0.6) is 0 Å². The number of nitrogens with two attached hydrogens (primary N) is 1. The molecular weight excluding hydrogens is 206 g/mol. The molecule has 0 fully saturated rings. The third-order valence-corrected chi connectivity index (χ3v) is 2.24. The quantitative estimate of drug-likeness (QED) is 0.353. The zero-order valence-electron chi connectivity index (χ0n) is 11.3. The Morgan fingerprint density at radius 2 is 1.65 bits per heavy atom. The van der Waals surface area contributed by atoms with Crippen molar-refractivity contribution in [3.05, 3.63) is 48.6 Å². The summed E-state index contributed by atoms with van der Waals surface area (Å²) >= 11 is 0. The first-order chi connectivity index (χ1) is 8.27. The van der Waals surface area contributed by atoms with Crippen LogP contribution in [0.25, 0.3) is 0 Å². The van der Waals surface area contributed by atoms with Gasteiger partial charge in [-0.1, -0.05) is 55.5 Å². The summed E-state index contributed by atoms with van der Waals surface area (Å²) in [5, 5.41) is 0. The molecular formula is C16H27N. The van der Waals surface area contributed by atoms with E-state index in [-0.39, 0.29) is 6.04 Å².